The van der Waals surface area contributed by atoms with Gasteiger partial charge in [-0.05, 0) is 31.9 Å². The van der Waals surface area contributed by atoms with Crippen LogP contribution in [0.4, 0.5) is 0 Å². The van der Waals surface area contributed by atoms with Gasteiger partial charge in [0.2, 0.25) is 0 Å². The number of hydrogen-bond donors (Lipinski definition) is 1. The summed E-state index contributed by atoms with van der Waals surface area (Å²) in [5.41, 5.74) is 3.95. The van der Waals surface area contributed by atoms with E-state index in [1.165, 1.54) is 4.68 Å². The van der Waals surface area contributed by atoms with Crippen LogP contribution in [-0.4, -0.2) is 27.5 Å². The van der Waals surface area contributed by atoms with Crippen molar-refractivity contribution in [2.24, 2.45) is 0 Å². The SMILES string of the molecule is CCOC(C)c1ccc(-c2cnn(CC(=O)O)c2C)cc1. The van der Waals surface area contributed by atoms with E-state index in [0.29, 0.717) is 6.61 Å². The van der Waals surface area contributed by atoms with Gasteiger partial charge in [0, 0.05) is 17.9 Å². The number of benzene rings is 1. The van der Waals surface area contributed by atoms with E-state index in [2.05, 4.69) is 5.10 Å². The lowest BCUT2D eigenvalue weighted by atomic mass is 10.0. The Morgan fingerprint density at radius 2 is 2.05 bits per heavy atom. The van der Waals surface area contributed by atoms with Crippen LogP contribution in [0.2, 0.25) is 0 Å². The molecule has 0 aliphatic carbocycles. The van der Waals surface area contributed by atoms with Gasteiger partial charge >= 0.3 is 5.97 Å². The number of aromatic nitrogens is 2. The zero-order chi connectivity index (χ0) is 15.4. The lowest BCUT2D eigenvalue weighted by molar-refractivity contribution is -0.137. The maximum absolute atomic E-state index is 10.8. The third kappa shape index (κ3) is 3.49. The fourth-order valence-electron chi connectivity index (χ4n) is 2.30. The van der Waals surface area contributed by atoms with Crippen LogP contribution in [0.3, 0.4) is 0 Å². The Morgan fingerprint density at radius 1 is 1.38 bits per heavy atom. The van der Waals surface area contributed by atoms with Crippen LogP contribution in [0.15, 0.2) is 30.5 Å². The largest absolute Gasteiger partial charge is 0.480 e. The molecule has 0 aliphatic heterocycles. The molecule has 2 aromatic rings. The summed E-state index contributed by atoms with van der Waals surface area (Å²) in [6.45, 7) is 6.44. The second-order valence-electron chi connectivity index (χ2n) is 4.91. The Kier molecular flexibility index (Phi) is 4.75. The van der Waals surface area contributed by atoms with Crippen LogP contribution in [0, 0.1) is 6.92 Å². The van der Waals surface area contributed by atoms with Gasteiger partial charge in [-0.2, -0.15) is 5.10 Å². The molecule has 0 radical (unpaired) electrons. The number of hydrogen-bond acceptors (Lipinski definition) is 3. The average molecular weight is 288 g/mol. The van der Waals surface area contributed by atoms with Crippen molar-refractivity contribution in [3.63, 3.8) is 0 Å². The standard InChI is InChI=1S/C16H20N2O3/c1-4-21-12(3)13-5-7-14(8-6-13)15-9-17-18(11(15)2)10-16(19)20/h5-9,12H,4,10H2,1-3H3,(H,19,20). The smallest absolute Gasteiger partial charge is 0.325 e. The third-order valence-electron chi connectivity index (χ3n) is 3.50. The highest BCUT2D eigenvalue weighted by Gasteiger charge is 2.11. The van der Waals surface area contributed by atoms with Crippen molar-refractivity contribution in [3.8, 4) is 11.1 Å². The van der Waals surface area contributed by atoms with Crippen LogP contribution in [0.1, 0.15) is 31.2 Å². The second kappa shape index (κ2) is 6.54. The van der Waals surface area contributed by atoms with Crippen molar-refractivity contribution < 1.29 is 14.6 Å². The molecule has 0 spiro atoms. The Morgan fingerprint density at radius 3 is 2.62 bits per heavy atom. The average Bonchev–Trinajstić information content (AvgIpc) is 2.80. The van der Waals surface area contributed by atoms with Gasteiger partial charge in [0.25, 0.3) is 0 Å². The summed E-state index contributed by atoms with van der Waals surface area (Å²) in [5.74, 6) is -0.895. The Balaban J connectivity index is 2.23. The van der Waals surface area contributed by atoms with Gasteiger partial charge in [0.05, 0.1) is 12.3 Å². The van der Waals surface area contributed by atoms with Crippen LogP contribution in [0.25, 0.3) is 11.1 Å². The maximum atomic E-state index is 10.8. The number of carboxylic acids is 1. The highest BCUT2D eigenvalue weighted by molar-refractivity contribution is 5.69. The van der Waals surface area contributed by atoms with E-state index in [0.717, 1.165) is 22.4 Å². The molecule has 112 valence electrons. The van der Waals surface area contributed by atoms with Crippen molar-refractivity contribution >= 4 is 5.97 Å². The topological polar surface area (TPSA) is 64.4 Å². The first kappa shape index (κ1) is 15.3. The normalized spacial score (nSPS) is 12.3. The molecule has 1 aromatic heterocycles. The molecule has 1 heterocycles. The molecule has 1 aromatic carbocycles. The molecule has 1 N–H and O–H groups in total. The quantitative estimate of drug-likeness (QED) is 0.887. The second-order valence-corrected chi connectivity index (χ2v) is 4.91. The molecule has 0 fully saturated rings. The highest BCUT2D eigenvalue weighted by Crippen LogP contribution is 2.25. The molecule has 1 unspecified atom stereocenters. The van der Waals surface area contributed by atoms with Crippen LogP contribution >= 0.6 is 0 Å². The Hall–Kier alpha value is -2.14. The van der Waals surface area contributed by atoms with E-state index in [1.54, 1.807) is 6.20 Å². The van der Waals surface area contributed by atoms with Crippen molar-refractivity contribution in [1.29, 1.82) is 0 Å². The van der Waals surface area contributed by atoms with Gasteiger partial charge in [-0.25, -0.2) is 0 Å². The summed E-state index contributed by atoms with van der Waals surface area (Å²) in [6, 6.07) is 8.09. The van der Waals surface area contributed by atoms with Crippen molar-refractivity contribution in [1.82, 2.24) is 9.78 Å². The van der Waals surface area contributed by atoms with Gasteiger partial charge in [-0.3, -0.25) is 9.48 Å². The fraction of sp³-hybridized carbons (Fsp3) is 0.375. The first-order valence-corrected chi connectivity index (χ1v) is 6.99. The first-order valence-electron chi connectivity index (χ1n) is 6.99. The minimum atomic E-state index is -0.895. The van der Waals surface area contributed by atoms with Gasteiger partial charge in [-0.1, -0.05) is 24.3 Å². The molecule has 21 heavy (non-hydrogen) atoms. The van der Waals surface area contributed by atoms with Crippen molar-refractivity contribution in [3.05, 3.63) is 41.7 Å². The zero-order valence-electron chi connectivity index (χ0n) is 12.5. The number of nitrogens with zero attached hydrogens (tertiary/aromatic N) is 2. The molecule has 2 rings (SSSR count). The number of rotatable bonds is 6. The molecule has 5 heteroatoms. The number of carboxylic acid groups (broad SMARTS) is 1. The monoisotopic (exact) mass is 288 g/mol. The molecule has 5 nitrogen and oxygen atoms in total. The van der Waals surface area contributed by atoms with Gasteiger partial charge in [0.1, 0.15) is 6.54 Å². The lowest BCUT2D eigenvalue weighted by Gasteiger charge is -2.12. The van der Waals surface area contributed by atoms with E-state index in [4.69, 9.17) is 9.84 Å². The molecule has 0 bridgehead atoms. The predicted octanol–water partition coefficient (Wildman–Crippen LogP) is 3.04. The van der Waals surface area contributed by atoms with E-state index >= 15 is 0 Å². The minimum Gasteiger partial charge on any atom is -0.480 e. The van der Waals surface area contributed by atoms with Crippen molar-refractivity contribution in [2.75, 3.05) is 6.61 Å². The van der Waals surface area contributed by atoms with Crippen LogP contribution < -0.4 is 0 Å². The third-order valence-corrected chi connectivity index (χ3v) is 3.50. The Bertz CT molecular complexity index is 617. The predicted molar refractivity (Wildman–Crippen MR) is 80.1 cm³/mol. The van der Waals surface area contributed by atoms with Crippen LogP contribution in [0.5, 0.6) is 0 Å². The molecule has 0 saturated carbocycles. The molecule has 0 aliphatic rings. The van der Waals surface area contributed by atoms with Gasteiger partial charge < -0.3 is 9.84 Å². The van der Waals surface area contributed by atoms with Crippen LogP contribution in [-0.2, 0) is 16.1 Å². The van der Waals surface area contributed by atoms with Gasteiger partial charge in [-0.15, -0.1) is 0 Å². The summed E-state index contributed by atoms with van der Waals surface area (Å²) in [6.07, 6.45) is 1.78. The lowest BCUT2D eigenvalue weighted by Crippen LogP contribution is -2.11. The minimum absolute atomic E-state index is 0.0693. The summed E-state index contributed by atoms with van der Waals surface area (Å²) in [7, 11) is 0. The van der Waals surface area contributed by atoms with Gasteiger partial charge in [0.15, 0.2) is 0 Å². The number of aliphatic carboxylic acids is 1. The summed E-state index contributed by atoms with van der Waals surface area (Å²) in [4.78, 5) is 10.8. The van der Waals surface area contributed by atoms with E-state index in [-0.39, 0.29) is 12.6 Å². The first-order chi connectivity index (χ1) is 10.0. The summed E-state index contributed by atoms with van der Waals surface area (Å²) < 4.78 is 7.06. The molecule has 0 saturated heterocycles. The van der Waals surface area contributed by atoms with Crippen molar-refractivity contribution in [2.45, 2.75) is 33.4 Å². The van der Waals surface area contributed by atoms with E-state index in [1.807, 2.05) is 45.0 Å². The molecular formula is C16H20N2O3. The summed E-state index contributed by atoms with van der Waals surface area (Å²) in [5, 5.41) is 13.0. The Labute approximate surface area is 124 Å². The summed E-state index contributed by atoms with van der Waals surface area (Å²) >= 11 is 0. The van der Waals surface area contributed by atoms with E-state index in [9.17, 15) is 4.79 Å². The zero-order valence-corrected chi connectivity index (χ0v) is 12.5. The number of ether oxygens (including phenoxy) is 1. The highest BCUT2D eigenvalue weighted by atomic mass is 16.5. The molecule has 0 amide bonds. The fourth-order valence-corrected chi connectivity index (χ4v) is 2.30. The number of carbonyl (C=O) groups is 1. The molecular weight excluding hydrogens is 268 g/mol. The maximum Gasteiger partial charge on any atom is 0.325 e. The van der Waals surface area contributed by atoms with E-state index < -0.39 is 5.97 Å². The molecule has 1 atom stereocenters.